The van der Waals surface area contributed by atoms with Gasteiger partial charge in [-0.05, 0) is 36.1 Å². The van der Waals surface area contributed by atoms with E-state index in [1.165, 1.54) is 4.90 Å². The minimum atomic E-state index is -0.311. The molecule has 0 bridgehead atoms. The van der Waals surface area contributed by atoms with Crippen molar-refractivity contribution in [3.63, 3.8) is 0 Å². The maximum Gasteiger partial charge on any atom is 0.261 e. The van der Waals surface area contributed by atoms with Crippen molar-refractivity contribution in [2.45, 2.75) is 12.8 Å². The van der Waals surface area contributed by atoms with Crippen LogP contribution in [-0.4, -0.2) is 59.3 Å². The molecule has 4 aromatic rings. The van der Waals surface area contributed by atoms with Gasteiger partial charge in [-0.25, -0.2) is 9.97 Å². The van der Waals surface area contributed by atoms with Crippen molar-refractivity contribution < 1.29 is 14.4 Å². The maximum absolute atomic E-state index is 13.2. The minimum Gasteiger partial charge on any atom is -0.355 e. The average Bonchev–Trinajstić information content (AvgIpc) is 2.88. The molecule has 35 heavy (non-hydrogen) atoms. The molecule has 0 spiro atoms. The highest BCUT2D eigenvalue weighted by Crippen LogP contribution is 2.32. The number of aromatic nitrogens is 2. The normalized spacial score (nSPS) is 15.2. The molecule has 0 saturated carbocycles. The molecule has 2 aliphatic rings. The van der Waals surface area contributed by atoms with Crippen molar-refractivity contribution in [3.05, 3.63) is 71.8 Å². The summed E-state index contributed by atoms with van der Waals surface area (Å²) in [7, 11) is 1.94. The molecule has 0 aliphatic carbocycles. The second kappa shape index (κ2) is 8.16. The first-order chi connectivity index (χ1) is 17.0. The van der Waals surface area contributed by atoms with Gasteiger partial charge in [0.05, 0.1) is 11.0 Å². The van der Waals surface area contributed by atoms with Crippen LogP contribution >= 0.6 is 0 Å². The lowest BCUT2D eigenvalue weighted by molar-refractivity contribution is -0.118. The third-order valence-electron chi connectivity index (χ3n) is 6.74. The third kappa shape index (κ3) is 3.41. The lowest BCUT2D eigenvalue weighted by Gasteiger charge is -2.34. The van der Waals surface area contributed by atoms with Crippen LogP contribution in [0.3, 0.4) is 0 Å². The van der Waals surface area contributed by atoms with Crippen molar-refractivity contribution in [3.8, 4) is 0 Å². The zero-order chi connectivity index (χ0) is 24.1. The van der Waals surface area contributed by atoms with Crippen molar-refractivity contribution in [2.75, 3.05) is 36.5 Å². The number of para-hydroxylation sites is 2. The summed E-state index contributed by atoms with van der Waals surface area (Å²) < 4.78 is 0. The molecule has 2 aliphatic heterocycles. The van der Waals surface area contributed by atoms with Crippen molar-refractivity contribution in [2.24, 2.45) is 0 Å². The van der Waals surface area contributed by atoms with Gasteiger partial charge in [-0.2, -0.15) is 0 Å². The SMILES string of the molecule is CN1CCN(C(=O)CCCN2C(=O)c3cccc4cccc(c34)C2=O)c2nc3ccccc3nc21. The topological polar surface area (TPSA) is 86.7 Å². The summed E-state index contributed by atoms with van der Waals surface area (Å²) in [6, 6.07) is 18.6. The van der Waals surface area contributed by atoms with E-state index in [2.05, 4.69) is 0 Å². The molecule has 0 atom stereocenters. The van der Waals surface area contributed by atoms with E-state index in [0.717, 1.165) is 16.4 Å². The number of anilines is 2. The van der Waals surface area contributed by atoms with Crippen molar-refractivity contribution >= 4 is 51.2 Å². The third-order valence-corrected chi connectivity index (χ3v) is 6.74. The zero-order valence-electron chi connectivity index (χ0n) is 19.3. The Morgan fingerprint density at radius 1 is 0.829 bits per heavy atom. The van der Waals surface area contributed by atoms with Crippen LogP contribution in [0.2, 0.25) is 0 Å². The molecule has 0 N–H and O–H groups in total. The molecule has 6 rings (SSSR count). The number of hydrogen-bond acceptors (Lipinski definition) is 6. The first kappa shape index (κ1) is 21.2. The van der Waals surface area contributed by atoms with Crippen LogP contribution in [0.4, 0.5) is 11.6 Å². The standard InChI is InChI=1S/C27H23N5O3/c1-30-15-16-31(25-24(30)28-20-11-2-3-12-21(20)29-25)22(33)13-6-14-32-26(34)18-9-4-7-17-8-5-10-19(23(17)18)27(32)35/h2-5,7-12H,6,13-16H2,1H3. The fourth-order valence-corrected chi connectivity index (χ4v) is 4.93. The van der Waals surface area contributed by atoms with Crippen LogP contribution in [0.1, 0.15) is 33.6 Å². The number of amides is 3. The van der Waals surface area contributed by atoms with Gasteiger partial charge in [-0.15, -0.1) is 0 Å². The first-order valence-electron chi connectivity index (χ1n) is 11.7. The monoisotopic (exact) mass is 465 g/mol. The molecule has 0 saturated heterocycles. The number of fused-ring (bicyclic) bond motifs is 2. The predicted molar refractivity (Wildman–Crippen MR) is 134 cm³/mol. The Morgan fingerprint density at radius 2 is 1.46 bits per heavy atom. The Kier molecular flexibility index (Phi) is 4.95. The quantitative estimate of drug-likeness (QED) is 0.428. The lowest BCUT2D eigenvalue weighted by atomic mass is 9.94. The molecule has 3 heterocycles. The lowest BCUT2D eigenvalue weighted by Crippen LogP contribution is -2.44. The van der Waals surface area contributed by atoms with Crippen LogP contribution in [0.5, 0.6) is 0 Å². The summed E-state index contributed by atoms with van der Waals surface area (Å²) in [4.78, 5) is 53.8. The molecule has 1 aromatic heterocycles. The van der Waals surface area contributed by atoms with Crippen LogP contribution in [-0.2, 0) is 4.79 Å². The molecule has 8 nitrogen and oxygen atoms in total. The molecule has 3 aromatic carbocycles. The number of carbonyl (C=O) groups excluding carboxylic acids is 3. The van der Waals surface area contributed by atoms with Gasteiger partial charge in [0, 0.05) is 49.6 Å². The van der Waals surface area contributed by atoms with E-state index in [1.54, 1.807) is 17.0 Å². The second-order valence-electron chi connectivity index (χ2n) is 8.90. The van der Waals surface area contributed by atoms with Gasteiger partial charge >= 0.3 is 0 Å². The number of likely N-dealkylation sites (N-methyl/N-ethyl adjacent to an activating group) is 1. The van der Waals surface area contributed by atoms with E-state index in [4.69, 9.17) is 9.97 Å². The van der Waals surface area contributed by atoms with Crippen LogP contribution in [0.15, 0.2) is 60.7 Å². The van der Waals surface area contributed by atoms with Gasteiger partial charge < -0.3 is 4.90 Å². The molecular formula is C27H23N5O3. The van der Waals surface area contributed by atoms with Gasteiger partial charge in [0.1, 0.15) is 0 Å². The summed E-state index contributed by atoms with van der Waals surface area (Å²) >= 11 is 0. The van der Waals surface area contributed by atoms with E-state index >= 15 is 0 Å². The zero-order valence-corrected chi connectivity index (χ0v) is 19.3. The number of imide groups is 1. The molecule has 8 heteroatoms. The van der Waals surface area contributed by atoms with Gasteiger partial charge in [-0.3, -0.25) is 24.2 Å². The molecule has 3 amide bonds. The van der Waals surface area contributed by atoms with Crippen LogP contribution < -0.4 is 9.80 Å². The fraction of sp³-hybridized carbons (Fsp3) is 0.222. The smallest absolute Gasteiger partial charge is 0.261 e. The van der Waals surface area contributed by atoms with Gasteiger partial charge in [0.25, 0.3) is 11.8 Å². The molecule has 0 unspecified atom stereocenters. The molecule has 0 fully saturated rings. The Balaban J connectivity index is 1.20. The highest BCUT2D eigenvalue weighted by molar-refractivity contribution is 6.25. The van der Waals surface area contributed by atoms with E-state index in [-0.39, 0.29) is 30.7 Å². The number of rotatable bonds is 4. The first-order valence-corrected chi connectivity index (χ1v) is 11.7. The summed E-state index contributed by atoms with van der Waals surface area (Å²) in [5.41, 5.74) is 2.57. The Morgan fingerprint density at radius 3 is 2.11 bits per heavy atom. The predicted octanol–water partition coefficient (Wildman–Crippen LogP) is 3.64. The molecule has 174 valence electrons. The van der Waals surface area contributed by atoms with Gasteiger partial charge in [-0.1, -0.05) is 36.4 Å². The summed E-state index contributed by atoms with van der Waals surface area (Å²) in [6.07, 6.45) is 0.567. The number of benzene rings is 3. The highest BCUT2D eigenvalue weighted by Gasteiger charge is 2.33. The van der Waals surface area contributed by atoms with Crippen molar-refractivity contribution in [1.82, 2.24) is 14.9 Å². The Labute approximate surface area is 201 Å². The highest BCUT2D eigenvalue weighted by atomic mass is 16.2. The van der Waals surface area contributed by atoms with Crippen LogP contribution in [0.25, 0.3) is 21.8 Å². The number of carbonyl (C=O) groups is 3. The van der Waals surface area contributed by atoms with E-state index < -0.39 is 0 Å². The summed E-state index contributed by atoms with van der Waals surface area (Å²) in [5.74, 6) is 0.508. The second-order valence-corrected chi connectivity index (χ2v) is 8.90. The summed E-state index contributed by atoms with van der Waals surface area (Å²) in [5, 5.41) is 1.58. The Bertz CT molecular complexity index is 1480. The van der Waals surface area contributed by atoms with Gasteiger partial charge in [0.2, 0.25) is 5.91 Å². The van der Waals surface area contributed by atoms with Crippen LogP contribution in [0, 0.1) is 0 Å². The number of nitrogens with zero attached hydrogens (tertiary/aromatic N) is 5. The Hall–Kier alpha value is -4.33. The van der Waals surface area contributed by atoms with E-state index in [1.807, 2.05) is 60.5 Å². The van der Waals surface area contributed by atoms with E-state index in [9.17, 15) is 14.4 Å². The maximum atomic E-state index is 13.2. The van der Waals surface area contributed by atoms with E-state index in [0.29, 0.717) is 47.7 Å². The summed E-state index contributed by atoms with van der Waals surface area (Å²) in [6.45, 7) is 1.33. The molecule has 0 radical (unpaired) electrons. The average molecular weight is 466 g/mol. The fourth-order valence-electron chi connectivity index (χ4n) is 4.93. The van der Waals surface area contributed by atoms with Crippen molar-refractivity contribution in [1.29, 1.82) is 0 Å². The largest absolute Gasteiger partial charge is 0.355 e. The van der Waals surface area contributed by atoms with Gasteiger partial charge in [0.15, 0.2) is 11.6 Å². The molecular weight excluding hydrogens is 442 g/mol. The number of hydrogen-bond donors (Lipinski definition) is 0. The minimum absolute atomic E-state index is 0.0941.